The second-order valence-corrected chi connectivity index (χ2v) is 5.81. The molecule has 0 aromatic carbocycles. The molecule has 17 heavy (non-hydrogen) atoms. The Hall–Kier alpha value is -0.610. The molecular weight excluding hydrogens is 216 g/mol. The minimum absolute atomic E-state index is 0.00109. The lowest BCUT2D eigenvalue weighted by Crippen LogP contribution is -2.60. The molecule has 0 aliphatic carbocycles. The lowest BCUT2D eigenvalue weighted by atomic mass is 9.93. The molecule has 0 aromatic rings. The van der Waals surface area contributed by atoms with Crippen molar-refractivity contribution in [2.24, 2.45) is 0 Å². The van der Waals surface area contributed by atoms with Crippen LogP contribution < -0.4 is 5.32 Å². The standard InChI is InChI=1S/C13H24N2O2/c1-10(2)14-11-5-4-7-15(12(11)16)13(3)6-8-17-9-13/h10-11,14H,4-9H2,1-3H3. The van der Waals surface area contributed by atoms with Crippen molar-refractivity contribution in [3.8, 4) is 0 Å². The van der Waals surface area contributed by atoms with E-state index in [9.17, 15) is 4.79 Å². The molecule has 0 aromatic heterocycles. The largest absolute Gasteiger partial charge is 0.379 e. The van der Waals surface area contributed by atoms with E-state index >= 15 is 0 Å². The van der Waals surface area contributed by atoms with Gasteiger partial charge in [-0.2, -0.15) is 0 Å². The molecule has 2 fully saturated rings. The first-order valence-corrected chi connectivity index (χ1v) is 6.68. The van der Waals surface area contributed by atoms with Gasteiger partial charge in [-0.3, -0.25) is 4.79 Å². The lowest BCUT2D eigenvalue weighted by Gasteiger charge is -2.43. The van der Waals surface area contributed by atoms with Gasteiger partial charge in [-0.25, -0.2) is 0 Å². The monoisotopic (exact) mass is 240 g/mol. The number of piperidine rings is 1. The van der Waals surface area contributed by atoms with Gasteiger partial charge in [-0.1, -0.05) is 13.8 Å². The number of amides is 1. The molecule has 0 bridgehead atoms. The van der Waals surface area contributed by atoms with Gasteiger partial charge in [0.2, 0.25) is 5.91 Å². The van der Waals surface area contributed by atoms with Crippen LogP contribution in [0, 0.1) is 0 Å². The fraction of sp³-hybridized carbons (Fsp3) is 0.923. The Morgan fingerprint density at radius 3 is 2.88 bits per heavy atom. The second-order valence-electron chi connectivity index (χ2n) is 5.81. The van der Waals surface area contributed by atoms with Gasteiger partial charge in [0.1, 0.15) is 0 Å². The summed E-state index contributed by atoms with van der Waals surface area (Å²) in [4.78, 5) is 14.5. The van der Waals surface area contributed by atoms with Crippen molar-refractivity contribution in [2.75, 3.05) is 19.8 Å². The molecule has 0 spiro atoms. The highest BCUT2D eigenvalue weighted by Gasteiger charge is 2.42. The Balaban J connectivity index is 2.05. The van der Waals surface area contributed by atoms with E-state index < -0.39 is 0 Å². The van der Waals surface area contributed by atoms with E-state index in [0.29, 0.717) is 12.6 Å². The maximum atomic E-state index is 12.5. The number of likely N-dealkylation sites (tertiary alicyclic amines) is 1. The summed E-state index contributed by atoms with van der Waals surface area (Å²) in [7, 11) is 0. The predicted molar refractivity (Wildman–Crippen MR) is 66.8 cm³/mol. The van der Waals surface area contributed by atoms with Crippen LogP contribution in [0.15, 0.2) is 0 Å². The van der Waals surface area contributed by atoms with E-state index in [4.69, 9.17) is 4.74 Å². The Bertz CT molecular complexity index is 285. The summed E-state index contributed by atoms with van der Waals surface area (Å²) in [6.45, 7) is 8.68. The average Bonchev–Trinajstić information content (AvgIpc) is 2.69. The van der Waals surface area contributed by atoms with E-state index in [1.54, 1.807) is 0 Å². The minimum Gasteiger partial charge on any atom is -0.379 e. The van der Waals surface area contributed by atoms with Gasteiger partial charge >= 0.3 is 0 Å². The molecule has 2 aliphatic heterocycles. The molecule has 2 unspecified atom stereocenters. The van der Waals surface area contributed by atoms with Gasteiger partial charge in [0, 0.05) is 19.2 Å². The number of hydrogen-bond acceptors (Lipinski definition) is 3. The third-order valence-corrected chi connectivity index (χ3v) is 3.82. The Kier molecular flexibility index (Phi) is 3.73. The van der Waals surface area contributed by atoms with E-state index in [0.717, 1.165) is 32.4 Å². The van der Waals surface area contributed by atoms with Gasteiger partial charge in [-0.05, 0) is 26.2 Å². The Morgan fingerprint density at radius 2 is 2.29 bits per heavy atom. The zero-order valence-electron chi connectivity index (χ0n) is 11.2. The highest BCUT2D eigenvalue weighted by Crippen LogP contribution is 2.29. The summed E-state index contributed by atoms with van der Waals surface area (Å²) in [5.74, 6) is 0.262. The lowest BCUT2D eigenvalue weighted by molar-refractivity contribution is -0.142. The van der Waals surface area contributed by atoms with Crippen LogP contribution in [0.4, 0.5) is 0 Å². The fourth-order valence-corrected chi connectivity index (χ4v) is 2.84. The number of carbonyl (C=O) groups is 1. The van der Waals surface area contributed by atoms with Crippen LogP contribution in [0.25, 0.3) is 0 Å². The predicted octanol–water partition coefficient (Wildman–Crippen LogP) is 1.15. The fourth-order valence-electron chi connectivity index (χ4n) is 2.84. The Labute approximate surface area is 104 Å². The molecule has 2 heterocycles. The molecule has 1 N–H and O–H groups in total. The number of hydrogen-bond donors (Lipinski definition) is 1. The van der Waals surface area contributed by atoms with Crippen molar-refractivity contribution in [2.45, 2.75) is 57.7 Å². The van der Waals surface area contributed by atoms with Crippen LogP contribution in [0.1, 0.15) is 40.0 Å². The smallest absolute Gasteiger partial charge is 0.240 e. The van der Waals surface area contributed by atoms with Crippen LogP contribution in [0.3, 0.4) is 0 Å². The number of nitrogens with one attached hydrogen (secondary N) is 1. The van der Waals surface area contributed by atoms with Gasteiger partial charge in [0.05, 0.1) is 18.2 Å². The first kappa shape index (κ1) is 12.8. The summed E-state index contributed by atoms with van der Waals surface area (Å²) >= 11 is 0. The molecular formula is C13H24N2O2. The summed E-state index contributed by atoms with van der Waals surface area (Å²) in [6.07, 6.45) is 3.02. The zero-order valence-corrected chi connectivity index (χ0v) is 11.2. The van der Waals surface area contributed by atoms with Crippen molar-refractivity contribution in [3.05, 3.63) is 0 Å². The molecule has 2 saturated heterocycles. The summed E-state index contributed by atoms with van der Waals surface area (Å²) < 4.78 is 5.46. The maximum Gasteiger partial charge on any atom is 0.240 e. The van der Waals surface area contributed by atoms with Crippen LogP contribution in [-0.4, -0.2) is 48.2 Å². The molecule has 2 atom stereocenters. The number of nitrogens with zero attached hydrogens (tertiary/aromatic N) is 1. The van der Waals surface area contributed by atoms with Crippen LogP contribution in [-0.2, 0) is 9.53 Å². The van der Waals surface area contributed by atoms with Gasteiger partial charge < -0.3 is 15.0 Å². The van der Waals surface area contributed by atoms with Crippen LogP contribution >= 0.6 is 0 Å². The Morgan fingerprint density at radius 1 is 1.53 bits per heavy atom. The molecule has 4 heteroatoms. The summed E-state index contributed by atoms with van der Waals surface area (Å²) in [5, 5.41) is 3.37. The molecule has 2 aliphatic rings. The zero-order chi connectivity index (χ0) is 12.5. The molecule has 4 nitrogen and oxygen atoms in total. The maximum absolute atomic E-state index is 12.5. The highest BCUT2D eigenvalue weighted by atomic mass is 16.5. The SMILES string of the molecule is CC(C)NC1CCCN(C2(C)CCOC2)C1=O. The van der Waals surface area contributed by atoms with E-state index in [1.807, 2.05) is 4.90 Å². The van der Waals surface area contributed by atoms with Crippen molar-refractivity contribution in [3.63, 3.8) is 0 Å². The highest BCUT2D eigenvalue weighted by molar-refractivity contribution is 5.83. The third-order valence-electron chi connectivity index (χ3n) is 3.82. The molecule has 1 amide bonds. The molecule has 0 radical (unpaired) electrons. The van der Waals surface area contributed by atoms with Gasteiger partial charge in [0.15, 0.2) is 0 Å². The normalized spacial score (nSPS) is 34.7. The first-order chi connectivity index (χ1) is 8.03. The van der Waals surface area contributed by atoms with Crippen molar-refractivity contribution < 1.29 is 9.53 Å². The van der Waals surface area contributed by atoms with E-state index in [2.05, 4.69) is 26.1 Å². The summed E-state index contributed by atoms with van der Waals surface area (Å²) in [6, 6.07) is 0.359. The third kappa shape index (κ3) is 2.63. The van der Waals surface area contributed by atoms with Crippen molar-refractivity contribution >= 4 is 5.91 Å². The molecule has 98 valence electrons. The van der Waals surface area contributed by atoms with Crippen molar-refractivity contribution in [1.82, 2.24) is 10.2 Å². The second kappa shape index (κ2) is 4.94. The summed E-state index contributed by atoms with van der Waals surface area (Å²) in [5.41, 5.74) is -0.0750. The average molecular weight is 240 g/mol. The van der Waals surface area contributed by atoms with E-state index in [1.165, 1.54) is 0 Å². The van der Waals surface area contributed by atoms with Crippen LogP contribution in [0.5, 0.6) is 0 Å². The van der Waals surface area contributed by atoms with Gasteiger partial charge in [0.25, 0.3) is 0 Å². The van der Waals surface area contributed by atoms with Gasteiger partial charge in [-0.15, -0.1) is 0 Å². The quantitative estimate of drug-likeness (QED) is 0.804. The number of rotatable bonds is 3. The molecule has 0 saturated carbocycles. The van der Waals surface area contributed by atoms with Crippen molar-refractivity contribution in [1.29, 1.82) is 0 Å². The number of carbonyl (C=O) groups excluding carboxylic acids is 1. The van der Waals surface area contributed by atoms with Crippen LogP contribution in [0.2, 0.25) is 0 Å². The van der Waals surface area contributed by atoms with E-state index in [-0.39, 0.29) is 17.5 Å². The minimum atomic E-state index is -0.0750. The molecule has 2 rings (SSSR count). The first-order valence-electron chi connectivity index (χ1n) is 6.68. The topological polar surface area (TPSA) is 41.6 Å². The number of ether oxygens (including phenoxy) is 1.